The Hall–Kier alpha value is -2.54. The highest BCUT2D eigenvalue weighted by Gasteiger charge is 2.50. The van der Waals surface area contributed by atoms with E-state index in [2.05, 4.69) is 29.8 Å². The number of hydrogen-bond donors (Lipinski definition) is 1. The Bertz CT molecular complexity index is 1190. The van der Waals surface area contributed by atoms with Crippen molar-refractivity contribution in [3.05, 3.63) is 46.9 Å². The van der Waals surface area contributed by atoms with Gasteiger partial charge in [-0.2, -0.15) is 0 Å². The molecule has 7 heteroatoms. The fourth-order valence-electron chi connectivity index (χ4n) is 5.91. The van der Waals surface area contributed by atoms with Gasteiger partial charge < -0.3 is 19.2 Å². The summed E-state index contributed by atoms with van der Waals surface area (Å²) in [5.41, 5.74) is 0.809. The Kier molecular flexibility index (Phi) is 6.80. The number of thiophene rings is 1. The van der Waals surface area contributed by atoms with Gasteiger partial charge in [0.25, 0.3) is 5.91 Å². The van der Waals surface area contributed by atoms with Crippen molar-refractivity contribution in [3.63, 3.8) is 0 Å². The van der Waals surface area contributed by atoms with Crippen LogP contribution in [0.1, 0.15) is 86.8 Å². The highest BCUT2D eigenvalue weighted by Crippen LogP contribution is 2.38. The lowest BCUT2D eigenvalue weighted by Crippen LogP contribution is -2.67. The second-order valence-electron chi connectivity index (χ2n) is 10.5. The summed E-state index contributed by atoms with van der Waals surface area (Å²) in [5, 5.41) is 3.37. The molecule has 0 spiro atoms. The molecule has 0 unspecified atom stereocenters. The summed E-state index contributed by atoms with van der Waals surface area (Å²) in [6.07, 6.45) is 10.9. The van der Waals surface area contributed by atoms with Crippen LogP contribution in [-0.2, 0) is 24.2 Å². The van der Waals surface area contributed by atoms with E-state index in [4.69, 9.17) is 4.42 Å². The second-order valence-corrected chi connectivity index (χ2v) is 11.7. The van der Waals surface area contributed by atoms with E-state index in [1.54, 1.807) is 17.6 Å². The Morgan fingerprint density at radius 3 is 2.71 bits per heavy atom. The van der Waals surface area contributed by atoms with Crippen LogP contribution in [0.15, 0.2) is 34.9 Å². The standard InChI is InChI=1S/C28H37N3O3S/c1-4-22-16-23-25(35-22)17-24-26(32)31(19(2)13-14-21-12-9-15-34-21)28(3,18-30(23)24)27(33)29-20-10-7-5-6-8-11-20/h9,12,15-17,19-20H,4-8,10-11,13-14,18H2,1-3H3,(H,29,33)/t19-,28+/m1/s1. The number of aromatic nitrogens is 1. The van der Waals surface area contributed by atoms with Gasteiger partial charge in [-0.15, -0.1) is 11.3 Å². The lowest BCUT2D eigenvalue weighted by atomic mass is 9.91. The summed E-state index contributed by atoms with van der Waals surface area (Å²) in [4.78, 5) is 31.2. The van der Waals surface area contributed by atoms with Gasteiger partial charge in [0.2, 0.25) is 5.91 Å². The number of aryl methyl sites for hydroxylation is 2. The van der Waals surface area contributed by atoms with Crippen molar-refractivity contribution in [1.82, 2.24) is 14.8 Å². The third-order valence-corrected chi connectivity index (χ3v) is 9.15. The number of hydrogen-bond acceptors (Lipinski definition) is 4. The average Bonchev–Trinajstić information content (AvgIpc) is 3.52. The zero-order valence-corrected chi connectivity index (χ0v) is 22.0. The van der Waals surface area contributed by atoms with E-state index in [9.17, 15) is 9.59 Å². The molecule has 3 aromatic rings. The molecule has 0 bridgehead atoms. The molecule has 4 heterocycles. The molecule has 2 aliphatic rings. The van der Waals surface area contributed by atoms with Crippen LogP contribution in [0.5, 0.6) is 0 Å². The molecule has 1 N–H and O–H groups in total. The molecule has 0 saturated heterocycles. The van der Waals surface area contributed by atoms with E-state index < -0.39 is 5.54 Å². The van der Waals surface area contributed by atoms with Gasteiger partial charge >= 0.3 is 0 Å². The van der Waals surface area contributed by atoms with Crippen molar-refractivity contribution >= 4 is 33.4 Å². The van der Waals surface area contributed by atoms with Crippen LogP contribution >= 0.6 is 11.3 Å². The quantitative estimate of drug-likeness (QED) is 0.413. The molecule has 1 aliphatic carbocycles. The van der Waals surface area contributed by atoms with E-state index in [1.165, 1.54) is 17.7 Å². The third-order valence-electron chi connectivity index (χ3n) is 7.93. The summed E-state index contributed by atoms with van der Waals surface area (Å²) in [7, 11) is 0. The number of nitrogens with one attached hydrogen (secondary N) is 1. The molecular formula is C28H37N3O3S. The third kappa shape index (κ3) is 4.55. The van der Waals surface area contributed by atoms with Crippen molar-refractivity contribution in [2.45, 2.75) is 103 Å². The first kappa shape index (κ1) is 24.2. The van der Waals surface area contributed by atoms with Crippen molar-refractivity contribution in [2.24, 2.45) is 0 Å². The Morgan fingerprint density at radius 2 is 2.03 bits per heavy atom. The first-order valence-electron chi connectivity index (χ1n) is 13.2. The van der Waals surface area contributed by atoms with E-state index in [1.807, 2.05) is 30.0 Å². The van der Waals surface area contributed by atoms with Crippen molar-refractivity contribution in [1.29, 1.82) is 0 Å². The molecule has 3 aromatic heterocycles. The van der Waals surface area contributed by atoms with E-state index in [0.29, 0.717) is 12.2 Å². The summed E-state index contributed by atoms with van der Waals surface area (Å²) in [6, 6.07) is 8.15. The Labute approximate surface area is 211 Å². The molecule has 1 aliphatic heterocycles. The van der Waals surface area contributed by atoms with Gasteiger partial charge in [-0.25, -0.2) is 0 Å². The van der Waals surface area contributed by atoms with Crippen molar-refractivity contribution < 1.29 is 14.0 Å². The summed E-state index contributed by atoms with van der Waals surface area (Å²) in [5.74, 6) is 0.825. The molecule has 6 nitrogen and oxygen atoms in total. The number of amides is 2. The first-order chi connectivity index (χ1) is 16.9. The monoisotopic (exact) mass is 495 g/mol. The van der Waals surface area contributed by atoms with Crippen LogP contribution in [0.3, 0.4) is 0 Å². The smallest absolute Gasteiger partial charge is 0.271 e. The molecule has 5 rings (SSSR count). The van der Waals surface area contributed by atoms with E-state index >= 15 is 0 Å². The van der Waals surface area contributed by atoms with Crippen molar-refractivity contribution in [3.8, 4) is 0 Å². The van der Waals surface area contributed by atoms with Gasteiger partial charge in [0.1, 0.15) is 17.0 Å². The number of fused-ring (bicyclic) bond motifs is 3. The van der Waals surface area contributed by atoms with Gasteiger partial charge in [-0.3, -0.25) is 9.59 Å². The van der Waals surface area contributed by atoms with Gasteiger partial charge in [0.05, 0.1) is 23.0 Å². The largest absolute Gasteiger partial charge is 0.469 e. The maximum atomic E-state index is 14.0. The van der Waals surface area contributed by atoms with E-state index in [-0.39, 0.29) is 23.9 Å². The lowest BCUT2D eigenvalue weighted by molar-refractivity contribution is -0.135. The number of furan rings is 1. The molecule has 1 fully saturated rings. The first-order valence-corrected chi connectivity index (χ1v) is 14.0. The van der Waals surface area contributed by atoms with Crippen LogP contribution in [-0.4, -0.2) is 38.9 Å². The van der Waals surface area contributed by atoms with Gasteiger partial charge in [0, 0.05) is 23.4 Å². The highest BCUT2D eigenvalue weighted by molar-refractivity contribution is 7.19. The molecule has 0 aromatic carbocycles. The maximum absolute atomic E-state index is 14.0. The van der Waals surface area contributed by atoms with Crippen LogP contribution in [0.25, 0.3) is 10.2 Å². The number of nitrogens with zero attached hydrogens (tertiary/aromatic N) is 2. The van der Waals surface area contributed by atoms with Gasteiger partial charge in [-0.1, -0.05) is 32.6 Å². The zero-order chi connectivity index (χ0) is 24.6. The predicted octanol–water partition coefficient (Wildman–Crippen LogP) is 5.93. The molecule has 1 saturated carbocycles. The van der Waals surface area contributed by atoms with Crippen LogP contribution in [0, 0.1) is 0 Å². The molecule has 2 atom stereocenters. The summed E-state index contributed by atoms with van der Waals surface area (Å²) in [6.45, 7) is 6.65. The number of carbonyl (C=O) groups is 2. The zero-order valence-electron chi connectivity index (χ0n) is 21.1. The normalized spacial score (nSPS) is 22.3. The van der Waals surface area contributed by atoms with E-state index in [0.717, 1.165) is 60.9 Å². The minimum atomic E-state index is -0.959. The van der Waals surface area contributed by atoms with Gasteiger partial charge in [-0.05, 0) is 63.8 Å². The number of rotatable bonds is 7. The minimum Gasteiger partial charge on any atom is -0.469 e. The fraction of sp³-hybridized carbons (Fsp3) is 0.571. The van der Waals surface area contributed by atoms with Crippen LogP contribution < -0.4 is 5.32 Å². The molecule has 2 amide bonds. The fourth-order valence-corrected chi connectivity index (χ4v) is 6.96. The topological polar surface area (TPSA) is 67.5 Å². The average molecular weight is 496 g/mol. The lowest BCUT2D eigenvalue weighted by Gasteiger charge is -2.47. The minimum absolute atomic E-state index is 0.0268. The Morgan fingerprint density at radius 1 is 1.26 bits per heavy atom. The molecule has 0 radical (unpaired) electrons. The molecule has 188 valence electrons. The SMILES string of the molecule is CCc1cc2c(cc3n2C[C@@](C)(C(=O)NC2CCCCCC2)N([C@H](C)CCc2ccco2)C3=O)s1. The maximum Gasteiger partial charge on any atom is 0.271 e. The van der Waals surface area contributed by atoms with Crippen LogP contribution in [0.2, 0.25) is 0 Å². The van der Waals surface area contributed by atoms with Crippen LogP contribution in [0.4, 0.5) is 0 Å². The summed E-state index contributed by atoms with van der Waals surface area (Å²) < 4.78 is 8.75. The highest BCUT2D eigenvalue weighted by atomic mass is 32.1. The molecule has 35 heavy (non-hydrogen) atoms. The number of carbonyl (C=O) groups excluding carboxylic acids is 2. The second kappa shape index (κ2) is 9.84. The Balaban J connectivity index is 1.48. The van der Waals surface area contributed by atoms with Crippen molar-refractivity contribution in [2.75, 3.05) is 0 Å². The predicted molar refractivity (Wildman–Crippen MR) is 140 cm³/mol. The molecular weight excluding hydrogens is 458 g/mol. The summed E-state index contributed by atoms with van der Waals surface area (Å²) >= 11 is 1.75. The van der Waals surface area contributed by atoms with Gasteiger partial charge in [0.15, 0.2) is 0 Å².